The molecule has 7 heteroatoms. The third-order valence-corrected chi connectivity index (χ3v) is 4.44. The van der Waals surface area contributed by atoms with Crippen LogP contribution in [0.2, 0.25) is 0 Å². The number of benzene rings is 1. The molecule has 1 aliphatic rings. The summed E-state index contributed by atoms with van der Waals surface area (Å²) in [5.74, 6) is 1.36. The van der Waals surface area contributed by atoms with E-state index in [0.29, 0.717) is 30.4 Å². The van der Waals surface area contributed by atoms with Gasteiger partial charge < -0.3 is 20.1 Å². The van der Waals surface area contributed by atoms with E-state index >= 15 is 0 Å². The van der Waals surface area contributed by atoms with Gasteiger partial charge in [0.2, 0.25) is 0 Å². The number of rotatable bonds is 4. The number of ether oxygens (including phenoxy) is 2. The summed E-state index contributed by atoms with van der Waals surface area (Å²) in [5.41, 5.74) is 1.69. The zero-order valence-electron chi connectivity index (χ0n) is 13.5. The number of pyridine rings is 1. The number of aromatic nitrogens is 1. The minimum absolute atomic E-state index is 0.122. The zero-order chi connectivity index (χ0) is 16.9. The Morgan fingerprint density at radius 2 is 1.88 bits per heavy atom. The van der Waals surface area contributed by atoms with E-state index in [1.165, 1.54) is 11.8 Å². The van der Waals surface area contributed by atoms with Crippen molar-refractivity contribution in [2.45, 2.75) is 17.9 Å². The molecule has 6 nitrogen and oxygen atoms in total. The molecule has 0 bridgehead atoms. The lowest BCUT2D eigenvalue weighted by molar-refractivity contribution is 0.171. The maximum Gasteiger partial charge on any atom is 0.319 e. The van der Waals surface area contributed by atoms with Gasteiger partial charge in [0.15, 0.2) is 11.5 Å². The number of anilines is 1. The minimum atomic E-state index is -0.272. The number of urea groups is 1. The Morgan fingerprint density at radius 1 is 1.21 bits per heavy atom. The fourth-order valence-electron chi connectivity index (χ4n) is 2.43. The summed E-state index contributed by atoms with van der Waals surface area (Å²) in [6.45, 7) is 2.97. The first kappa shape index (κ1) is 16.4. The largest absolute Gasteiger partial charge is 0.486 e. The van der Waals surface area contributed by atoms with E-state index in [0.717, 1.165) is 10.5 Å². The molecule has 1 aromatic heterocycles. The van der Waals surface area contributed by atoms with Crippen molar-refractivity contribution < 1.29 is 14.3 Å². The molecule has 1 aliphatic heterocycles. The van der Waals surface area contributed by atoms with E-state index in [4.69, 9.17) is 9.47 Å². The van der Waals surface area contributed by atoms with Crippen LogP contribution < -0.4 is 20.1 Å². The molecule has 1 atom stereocenters. The zero-order valence-corrected chi connectivity index (χ0v) is 14.4. The van der Waals surface area contributed by atoms with Crippen LogP contribution in [0.5, 0.6) is 11.5 Å². The molecule has 1 aromatic carbocycles. The van der Waals surface area contributed by atoms with Gasteiger partial charge in [-0.1, -0.05) is 0 Å². The van der Waals surface area contributed by atoms with E-state index < -0.39 is 0 Å². The van der Waals surface area contributed by atoms with Gasteiger partial charge in [-0.2, -0.15) is 0 Å². The van der Waals surface area contributed by atoms with Crippen LogP contribution >= 0.6 is 11.8 Å². The summed E-state index contributed by atoms with van der Waals surface area (Å²) in [6, 6.07) is 7.05. The third kappa shape index (κ3) is 3.73. The predicted octanol–water partition coefficient (Wildman–Crippen LogP) is 3.46. The molecule has 0 saturated heterocycles. The molecule has 2 amide bonds. The van der Waals surface area contributed by atoms with Gasteiger partial charge in [0, 0.05) is 23.4 Å². The molecule has 2 N–H and O–H groups in total. The molecular formula is C17H19N3O3S. The fraction of sp³-hybridized carbons (Fsp3) is 0.294. The van der Waals surface area contributed by atoms with Crippen LogP contribution in [0.3, 0.4) is 0 Å². The molecule has 0 unspecified atom stereocenters. The fourth-order valence-corrected chi connectivity index (χ4v) is 2.98. The third-order valence-electron chi connectivity index (χ3n) is 3.67. The number of carbonyl (C=O) groups is 1. The molecule has 2 heterocycles. The molecule has 24 heavy (non-hydrogen) atoms. The van der Waals surface area contributed by atoms with Gasteiger partial charge in [-0.15, -0.1) is 11.8 Å². The van der Waals surface area contributed by atoms with E-state index in [1.54, 1.807) is 18.5 Å². The molecule has 0 saturated carbocycles. The number of hydrogen-bond acceptors (Lipinski definition) is 5. The highest BCUT2D eigenvalue weighted by Crippen LogP contribution is 2.39. The summed E-state index contributed by atoms with van der Waals surface area (Å²) in [6.07, 6.45) is 5.37. The summed E-state index contributed by atoms with van der Waals surface area (Å²) in [7, 11) is 0. The Labute approximate surface area is 145 Å². The number of amides is 2. The van der Waals surface area contributed by atoms with Gasteiger partial charge in [-0.05, 0) is 36.9 Å². The van der Waals surface area contributed by atoms with Crippen LogP contribution in [0, 0.1) is 0 Å². The highest BCUT2D eigenvalue weighted by atomic mass is 32.2. The monoisotopic (exact) mass is 345 g/mol. The number of fused-ring (bicyclic) bond motifs is 1. The standard InChI is InChI=1S/C17H19N3O3S/c1-11(12-3-5-18-6-4-12)19-17(21)20-13-9-14-15(10-16(13)24-2)23-8-7-22-14/h3-6,9-11H,7-8H2,1-2H3,(H2,19,20,21)/t11-/m1/s1. The van der Waals surface area contributed by atoms with E-state index in [9.17, 15) is 4.79 Å². The minimum Gasteiger partial charge on any atom is -0.486 e. The highest BCUT2D eigenvalue weighted by Gasteiger charge is 2.17. The van der Waals surface area contributed by atoms with Gasteiger partial charge >= 0.3 is 6.03 Å². The van der Waals surface area contributed by atoms with E-state index in [1.807, 2.05) is 31.4 Å². The Balaban J connectivity index is 1.72. The van der Waals surface area contributed by atoms with Crippen molar-refractivity contribution in [3.8, 4) is 11.5 Å². The van der Waals surface area contributed by atoms with Crippen LogP contribution in [0.15, 0.2) is 41.6 Å². The van der Waals surface area contributed by atoms with Gasteiger partial charge in [0.1, 0.15) is 13.2 Å². The summed E-state index contributed by atoms with van der Waals surface area (Å²) in [5, 5.41) is 5.81. The van der Waals surface area contributed by atoms with E-state index in [2.05, 4.69) is 15.6 Å². The van der Waals surface area contributed by atoms with Crippen molar-refractivity contribution >= 4 is 23.5 Å². The average molecular weight is 345 g/mol. The first-order valence-corrected chi connectivity index (χ1v) is 8.85. The maximum atomic E-state index is 12.3. The molecule has 0 spiro atoms. The topological polar surface area (TPSA) is 72.5 Å². The van der Waals surface area contributed by atoms with Gasteiger partial charge in [0.25, 0.3) is 0 Å². The molecule has 2 aromatic rings. The smallest absolute Gasteiger partial charge is 0.319 e. The van der Waals surface area contributed by atoms with Crippen LogP contribution in [-0.2, 0) is 0 Å². The number of thioether (sulfide) groups is 1. The summed E-state index contributed by atoms with van der Waals surface area (Å²) < 4.78 is 11.2. The van der Waals surface area contributed by atoms with Crippen LogP contribution in [-0.4, -0.2) is 30.5 Å². The molecule has 0 aliphatic carbocycles. The summed E-state index contributed by atoms with van der Waals surface area (Å²) >= 11 is 1.54. The number of carbonyl (C=O) groups excluding carboxylic acids is 1. The van der Waals surface area contributed by atoms with Crippen LogP contribution in [0.25, 0.3) is 0 Å². The Morgan fingerprint density at radius 3 is 2.54 bits per heavy atom. The number of nitrogens with one attached hydrogen (secondary N) is 2. The van der Waals surface area contributed by atoms with E-state index in [-0.39, 0.29) is 12.1 Å². The number of hydrogen-bond donors (Lipinski definition) is 2. The van der Waals surface area contributed by atoms with Crippen molar-refractivity contribution in [3.05, 3.63) is 42.2 Å². The number of nitrogens with zero attached hydrogens (tertiary/aromatic N) is 1. The predicted molar refractivity (Wildman–Crippen MR) is 94.0 cm³/mol. The molecule has 126 valence electrons. The lowest BCUT2D eigenvalue weighted by Gasteiger charge is -2.21. The lowest BCUT2D eigenvalue weighted by atomic mass is 10.1. The molecule has 0 fully saturated rings. The van der Waals surface area contributed by atoms with Crippen molar-refractivity contribution in [1.82, 2.24) is 10.3 Å². The second-order valence-electron chi connectivity index (χ2n) is 5.30. The molecular weight excluding hydrogens is 326 g/mol. The SMILES string of the molecule is CSc1cc2c(cc1NC(=O)N[C@H](C)c1ccncc1)OCCO2. The molecule has 0 radical (unpaired) electrons. The van der Waals surface area contributed by atoms with Crippen molar-refractivity contribution in [2.75, 3.05) is 24.8 Å². The maximum absolute atomic E-state index is 12.3. The second kappa shape index (κ2) is 7.44. The second-order valence-corrected chi connectivity index (χ2v) is 6.14. The normalized spacial score (nSPS) is 13.9. The Bertz CT molecular complexity index is 725. The Hall–Kier alpha value is -2.41. The Kier molecular flexibility index (Phi) is 5.10. The average Bonchev–Trinajstić information content (AvgIpc) is 2.61. The van der Waals surface area contributed by atoms with Crippen molar-refractivity contribution in [3.63, 3.8) is 0 Å². The quantitative estimate of drug-likeness (QED) is 0.830. The highest BCUT2D eigenvalue weighted by molar-refractivity contribution is 7.98. The molecule has 3 rings (SSSR count). The van der Waals surface area contributed by atoms with Gasteiger partial charge in [0.05, 0.1) is 11.7 Å². The van der Waals surface area contributed by atoms with Crippen molar-refractivity contribution in [2.24, 2.45) is 0 Å². The van der Waals surface area contributed by atoms with Gasteiger partial charge in [-0.25, -0.2) is 4.79 Å². The first-order chi connectivity index (χ1) is 11.7. The lowest BCUT2D eigenvalue weighted by Crippen LogP contribution is -2.31. The van der Waals surface area contributed by atoms with Gasteiger partial charge in [-0.3, -0.25) is 4.98 Å². The first-order valence-electron chi connectivity index (χ1n) is 7.62. The van der Waals surface area contributed by atoms with Crippen LogP contribution in [0.4, 0.5) is 10.5 Å². The van der Waals surface area contributed by atoms with Crippen LogP contribution in [0.1, 0.15) is 18.5 Å². The van der Waals surface area contributed by atoms with Crippen molar-refractivity contribution in [1.29, 1.82) is 0 Å². The summed E-state index contributed by atoms with van der Waals surface area (Å²) in [4.78, 5) is 17.2.